The highest BCUT2D eigenvalue weighted by molar-refractivity contribution is 6.01. The summed E-state index contributed by atoms with van der Waals surface area (Å²) in [4.78, 5) is 16.8. The molecule has 1 amide bonds. The van der Waals surface area contributed by atoms with E-state index in [0.717, 1.165) is 16.8 Å². The van der Waals surface area contributed by atoms with Crippen LogP contribution in [0.3, 0.4) is 0 Å². The molecule has 0 unspecified atom stereocenters. The zero-order chi connectivity index (χ0) is 20.5. The van der Waals surface area contributed by atoms with Crippen molar-refractivity contribution in [3.8, 4) is 0 Å². The standard InChI is InChI=1S/C23H19N5O2/c1-15-9-11-16(12-10-15)18-14-19(17-6-3-2-4-7-17)28-23(24-18)26-22(27-28)25-21(29)20-8-5-13-30-20/h2-14,19H,1H3,(H2,24,25,26,27,29)/t19-/m0/s1. The Balaban J connectivity index is 1.52. The van der Waals surface area contributed by atoms with Gasteiger partial charge in [-0.2, -0.15) is 4.98 Å². The molecule has 3 heterocycles. The van der Waals surface area contributed by atoms with Crippen molar-refractivity contribution in [1.29, 1.82) is 0 Å². The van der Waals surface area contributed by atoms with E-state index in [1.807, 2.05) is 30.3 Å². The molecule has 7 nitrogen and oxygen atoms in total. The fraction of sp³-hybridized carbons (Fsp3) is 0.0870. The molecule has 0 saturated carbocycles. The van der Waals surface area contributed by atoms with E-state index in [2.05, 4.69) is 58.0 Å². The number of aryl methyl sites for hydroxylation is 1. The number of fused-ring (bicyclic) bond motifs is 1. The Kier molecular flexibility index (Phi) is 4.40. The van der Waals surface area contributed by atoms with Crippen molar-refractivity contribution in [2.24, 2.45) is 0 Å². The van der Waals surface area contributed by atoms with Gasteiger partial charge >= 0.3 is 0 Å². The van der Waals surface area contributed by atoms with E-state index in [0.29, 0.717) is 5.95 Å². The lowest BCUT2D eigenvalue weighted by molar-refractivity contribution is 0.0996. The molecule has 0 fully saturated rings. The maximum absolute atomic E-state index is 12.3. The van der Waals surface area contributed by atoms with Crippen LogP contribution in [0.25, 0.3) is 5.70 Å². The number of nitrogens with zero attached hydrogens (tertiary/aromatic N) is 3. The molecule has 0 spiro atoms. The van der Waals surface area contributed by atoms with Crippen molar-refractivity contribution in [3.05, 3.63) is 102 Å². The number of benzene rings is 2. The lowest BCUT2D eigenvalue weighted by atomic mass is 10.0. The maximum atomic E-state index is 12.3. The van der Waals surface area contributed by atoms with Crippen LogP contribution in [-0.4, -0.2) is 20.7 Å². The van der Waals surface area contributed by atoms with Crippen LogP contribution < -0.4 is 10.6 Å². The number of allylic oxidation sites excluding steroid dienone is 1. The lowest BCUT2D eigenvalue weighted by Crippen LogP contribution is -2.20. The van der Waals surface area contributed by atoms with Crippen LogP contribution in [0.5, 0.6) is 0 Å². The minimum atomic E-state index is -0.397. The van der Waals surface area contributed by atoms with Gasteiger partial charge in [-0.05, 0) is 36.3 Å². The summed E-state index contributed by atoms with van der Waals surface area (Å²) >= 11 is 0. The van der Waals surface area contributed by atoms with E-state index in [-0.39, 0.29) is 17.8 Å². The SMILES string of the molecule is Cc1ccc(C2=C[C@@H](c3ccccc3)n3nc(NC(=O)c4ccco4)nc3N2)cc1. The normalized spacial score (nSPS) is 15.1. The van der Waals surface area contributed by atoms with Crippen molar-refractivity contribution in [1.82, 2.24) is 14.8 Å². The monoisotopic (exact) mass is 397 g/mol. The van der Waals surface area contributed by atoms with Crippen LogP contribution >= 0.6 is 0 Å². The number of nitrogens with one attached hydrogen (secondary N) is 2. The molecular weight excluding hydrogens is 378 g/mol. The molecule has 0 radical (unpaired) electrons. The number of hydrogen-bond donors (Lipinski definition) is 2. The molecule has 7 heteroatoms. The molecule has 0 saturated heterocycles. The van der Waals surface area contributed by atoms with Crippen molar-refractivity contribution >= 4 is 23.5 Å². The third kappa shape index (κ3) is 3.37. The zero-order valence-electron chi connectivity index (χ0n) is 16.2. The molecule has 30 heavy (non-hydrogen) atoms. The average molecular weight is 397 g/mol. The first-order valence-electron chi connectivity index (χ1n) is 9.59. The van der Waals surface area contributed by atoms with Gasteiger partial charge in [0.25, 0.3) is 11.9 Å². The van der Waals surface area contributed by atoms with Gasteiger partial charge in [0.1, 0.15) is 6.04 Å². The summed E-state index contributed by atoms with van der Waals surface area (Å²) < 4.78 is 6.91. The van der Waals surface area contributed by atoms with Crippen LogP contribution in [-0.2, 0) is 0 Å². The van der Waals surface area contributed by atoms with Gasteiger partial charge in [0.2, 0.25) is 5.95 Å². The van der Waals surface area contributed by atoms with E-state index >= 15 is 0 Å². The van der Waals surface area contributed by atoms with Crippen LogP contribution in [0, 0.1) is 6.92 Å². The topological polar surface area (TPSA) is 85.0 Å². The van der Waals surface area contributed by atoms with Crippen LogP contribution in [0.15, 0.2) is 83.5 Å². The lowest BCUT2D eigenvalue weighted by Gasteiger charge is -2.24. The summed E-state index contributed by atoms with van der Waals surface area (Å²) in [5.74, 6) is 0.565. The Bertz CT molecular complexity index is 1210. The molecular formula is C23H19N5O2. The number of furan rings is 1. The van der Waals surface area contributed by atoms with Gasteiger partial charge < -0.3 is 9.73 Å². The van der Waals surface area contributed by atoms with Crippen molar-refractivity contribution < 1.29 is 9.21 Å². The van der Waals surface area contributed by atoms with E-state index in [4.69, 9.17) is 4.42 Å². The van der Waals surface area contributed by atoms with Gasteiger partial charge in [0.05, 0.1) is 6.26 Å². The number of rotatable bonds is 4. The average Bonchev–Trinajstić information content (AvgIpc) is 3.44. The van der Waals surface area contributed by atoms with Crippen LogP contribution in [0.2, 0.25) is 0 Å². The molecule has 4 aromatic rings. The van der Waals surface area contributed by atoms with Crippen LogP contribution in [0.4, 0.5) is 11.9 Å². The summed E-state index contributed by atoms with van der Waals surface area (Å²) in [5.41, 5.74) is 4.25. The molecule has 2 aromatic carbocycles. The highest BCUT2D eigenvalue weighted by Gasteiger charge is 2.26. The Labute approximate surface area is 173 Å². The highest BCUT2D eigenvalue weighted by Crippen LogP contribution is 2.33. The first-order valence-corrected chi connectivity index (χ1v) is 9.59. The summed E-state index contributed by atoms with van der Waals surface area (Å²) in [7, 11) is 0. The highest BCUT2D eigenvalue weighted by atomic mass is 16.3. The van der Waals surface area contributed by atoms with Gasteiger partial charge in [-0.1, -0.05) is 60.2 Å². The third-order valence-electron chi connectivity index (χ3n) is 4.94. The first kappa shape index (κ1) is 17.9. The number of hydrogen-bond acceptors (Lipinski definition) is 5. The van der Waals surface area contributed by atoms with Gasteiger partial charge in [-0.3, -0.25) is 10.1 Å². The number of carbonyl (C=O) groups is 1. The number of aromatic nitrogens is 3. The predicted octanol–water partition coefficient (Wildman–Crippen LogP) is 4.49. The molecule has 1 aliphatic rings. The smallest absolute Gasteiger partial charge is 0.293 e. The quantitative estimate of drug-likeness (QED) is 0.530. The fourth-order valence-corrected chi connectivity index (χ4v) is 3.41. The molecule has 5 rings (SSSR count). The Morgan fingerprint density at radius 1 is 1.07 bits per heavy atom. The Morgan fingerprint density at radius 3 is 2.60 bits per heavy atom. The van der Waals surface area contributed by atoms with Crippen molar-refractivity contribution in [3.63, 3.8) is 0 Å². The third-order valence-corrected chi connectivity index (χ3v) is 4.94. The Hall–Kier alpha value is -4.13. The molecule has 0 bridgehead atoms. The van der Waals surface area contributed by atoms with Gasteiger partial charge in [0, 0.05) is 5.70 Å². The molecule has 1 aliphatic heterocycles. The van der Waals surface area contributed by atoms with Gasteiger partial charge in [0.15, 0.2) is 5.76 Å². The second-order valence-electron chi connectivity index (χ2n) is 7.06. The number of anilines is 2. The van der Waals surface area contributed by atoms with Gasteiger partial charge in [-0.15, -0.1) is 5.10 Å². The summed E-state index contributed by atoms with van der Waals surface area (Å²) in [6, 6.07) is 21.4. The predicted molar refractivity (Wildman–Crippen MR) is 114 cm³/mol. The fourth-order valence-electron chi connectivity index (χ4n) is 3.41. The van der Waals surface area contributed by atoms with Crippen molar-refractivity contribution in [2.75, 3.05) is 10.6 Å². The molecule has 1 atom stereocenters. The zero-order valence-corrected chi connectivity index (χ0v) is 16.2. The van der Waals surface area contributed by atoms with Crippen molar-refractivity contribution in [2.45, 2.75) is 13.0 Å². The van der Waals surface area contributed by atoms with Crippen LogP contribution in [0.1, 0.15) is 33.3 Å². The summed E-state index contributed by atoms with van der Waals surface area (Å²) in [6.07, 6.45) is 3.56. The minimum absolute atomic E-state index is 0.166. The minimum Gasteiger partial charge on any atom is -0.459 e. The first-order chi connectivity index (χ1) is 14.7. The molecule has 0 aliphatic carbocycles. The Morgan fingerprint density at radius 2 is 1.87 bits per heavy atom. The second-order valence-corrected chi connectivity index (χ2v) is 7.06. The number of carbonyl (C=O) groups excluding carboxylic acids is 1. The number of amides is 1. The molecule has 148 valence electrons. The largest absolute Gasteiger partial charge is 0.459 e. The van der Waals surface area contributed by atoms with Gasteiger partial charge in [-0.25, -0.2) is 4.68 Å². The maximum Gasteiger partial charge on any atom is 0.293 e. The van der Waals surface area contributed by atoms with E-state index in [1.54, 1.807) is 16.8 Å². The van der Waals surface area contributed by atoms with E-state index < -0.39 is 5.91 Å². The van der Waals surface area contributed by atoms with E-state index in [9.17, 15) is 4.79 Å². The van der Waals surface area contributed by atoms with E-state index in [1.165, 1.54) is 11.8 Å². The molecule has 2 aromatic heterocycles. The summed E-state index contributed by atoms with van der Waals surface area (Å²) in [5, 5.41) is 10.6. The summed E-state index contributed by atoms with van der Waals surface area (Å²) in [6.45, 7) is 2.06. The molecule has 2 N–H and O–H groups in total. The second kappa shape index (κ2) is 7.36.